The van der Waals surface area contributed by atoms with Crippen molar-refractivity contribution in [1.29, 1.82) is 0 Å². The highest BCUT2D eigenvalue weighted by Gasteiger charge is 2.12. The molecular weight excluding hydrogens is 271 g/mol. The van der Waals surface area contributed by atoms with E-state index in [1.54, 1.807) is 18.2 Å². The predicted molar refractivity (Wildman–Crippen MR) is 56.9 cm³/mol. The Morgan fingerprint density at radius 2 is 2.21 bits per heavy atom. The summed E-state index contributed by atoms with van der Waals surface area (Å²) in [5.74, 6) is -0.583. The number of carbonyl (C=O) groups is 1. The second-order valence-corrected chi connectivity index (χ2v) is 4.06. The molecule has 0 aliphatic rings. The smallest absolute Gasteiger partial charge is 0.344 e. The highest BCUT2D eigenvalue weighted by atomic mass is 79.9. The molecule has 1 N–H and O–H groups in total. The molecule has 1 unspecified atom stereocenters. The minimum absolute atomic E-state index is 0.430. The summed E-state index contributed by atoms with van der Waals surface area (Å²) in [5, 5.41) is 9.10. The fourth-order valence-corrected chi connectivity index (χ4v) is 1.68. The molecule has 1 aromatic rings. The third-order valence-electron chi connectivity index (χ3n) is 1.50. The number of hydrogen-bond acceptors (Lipinski definition) is 2. The molecule has 0 aliphatic heterocycles. The Morgan fingerprint density at radius 3 is 2.71 bits per heavy atom. The first kappa shape index (κ1) is 11.3. The zero-order valence-electron chi connectivity index (χ0n) is 7.33. The Labute approximate surface area is 94.8 Å². The van der Waals surface area contributed by atoms with E-state index in [0.29, 0.717) is 10.8 Å². The lowest BCUT2D eigenvalue weighted by Gasteiger charge is -2.10. The summed E-state index contributed by atoms with van der Waals surface area (Å²) in [6.07, 6.45) is -0.889. The molecule has 0 saturated heterocycles. The van der Waals surface area contributed by atoms with Gasteiger partial charge in [-0.25, -0.2) is 4.79 Å². The average molecular weight is 280 g/mol. The molecule has 0 spiro atoms. The van der Waals surface area contributed by atoms with Gasteiger partial charge in [0.25, 0.3) is 0 Å². The fraction of sp³-hybridized carbons (Fsp3) is 0.222. The summed E-state index contributed by atoms with van der Waals surface area (Å²) in [6, 6.07) is 4.91. The molecule has 3 nitrogen and oxygen atoms in total. The van der Waals surface area contributed by atoms with E-state index < -0.39 is 12.1 Å². The third kappa shape index (κ3) is 3.20. The van der Waals surface area contributed by atoms with E-state index in [0.717, 1.165) is 4.47 Å². The van der Waals surface area contributed by atoms with Crippen molar-refractivity contribution in [1.82, 2.24) is 0 Å². The van der Waals surface area contributed by atoms with Crippen LogP contribution >= 0.6 is 27.5 Å². The van der Waals surface area contributed by atoms with E-state index in [2.05, 4.69) is 15.9 Å². The summed E-state index contributed by atoms with van der Waals surface area (Å²) in [4.78, 5) is 10.5. The van der Waals surface area contributed by atoms with Crippen molar-refractivity contribution in [3.8, 4) is 5.75 Å². The minimum Gasteiger partial charge on any atom is -0.479 e. The van der Waals surface area contributed by atoms with Crippen LogP contribution in [0.25, 0.3) is 0 Å². The maximum atomic E-state index is 10.5. The van der Waals surface area contributed by atoms with Crippen LogP contribution in [0.4, 0.5) is 0 Å². The van der Waals surface area contributed by atoms with E-state index in [1.165, 1.54) is 6.92 Å². The summed E-state index contributed by atoms with van der Waals surface area (Å²) >= 11 is 8.98. The zero-order valence-corrected chi connectivity index (χ0v) is 9.67. The second-order valence-electron chi connectivity index (χ2n) is 2.70. The highest BCUT2D eigenvalue weighted by Crippen LogP contribution is 2.25. The van der Waals surface area contributed by atoms with Crippen LogP contribution in [0.5, 0.6) is 5.75 Å². The van der Waals surface area contributed by atoms with Gasteiger partial charge >= 0.3 is 5.97 Å². The lowest BCUT2D eigenvalue weighted by atomic mass is 10.3. The van der Waals surface area contributed by atoms with Gasteiger partial charge in [-0.15, -0.1) is 0 Å². The Morgan fingerprint density at radius 1 is 1.57 bits per heavy atom. The molecule has 5 heteroatoms. The Kier molecular flexibility index (Phi) is 3.77. The molecule has 0 heterocycles. The van der Waals surface area contributed by atoms with Crippen molar-refractivity contribution in [2.75, 3.05) is 0 Å². The Balaban J connectivity index is 2.81. The van der Waals surface area contributed by atoms with Crippen LogP contribution in [0, 0.1) is 0 Å². The molecule has 0 saturated carbocycles. The molecule has 0 amide bonds. The number of ether oxygens (including phenoxy) is 1. The molecule has 1 rings (SSSR count). The number of carboxylic acids is 1. The van der Waals surface area contributed by atoms with E-state index >= 15 is 0 Å². The van der Waals surface area contributed by atoms with Crippen molar-refractivity contribution in [3.63, 3.8) is 0 Å². The molecule has 1 aromatic carbocycles. The van der Waals surface area contributed by atoms with E-state index in [-0.39, 0.29) is 0 Å². The van der Waals surface area contributed by atoms with Gasteiger partial charge in [-0.3, -0.25) is 0 Å². The number of rotatable bonds is 3. The standard InChI is InChI=1S/C9H8BrClO3/c1-5(9(12)13)14-8-3-6(10)2-7(11)4-8/h2-5H,1H3,(H,12,13). The van der Waals surface area contributed by atoms with Crippen molar-refractivity contribution in [2.45, 2.75) is 13.0 Å². The first-order valence-electron chi connectivity index (χ1n) is 3.84. The summed E-state index contributed by atoms with van der Waals surface area (Å²) < 4.78 is 5.87. The number of halogens is 2. The van der Waals surface area contributed by atoms with Gasteiger partial charge in [0.1, 0.15) is 5.75 Å². The summed E-state index contributed by atoms with van der Waals surface area (Å²) in [5.41, 5.74) is 0. The number of aliphatic carboxylic acids is 1. The van der Waals surface area contributed by atoms with Gasteiger partial charge in [0.05, 0.1) is 0 Å². The fourth-order valence-electron chi connectivity index (χ4n) is 0.851. The second kappa shape index (κ2) is 4.66. The number of benzene rings is 1. The van der Waals surface area contributed by atoms with Crippen LogP contribution in [0.3, 0.4) is 0 Å². The molecule has 0 aromatic heterocycles. The van der Waals surface area contributed by atoms with Crippen LogP contribution in [0.2, 0.25) is 5.02 Å². The van der Waals surface area contributed by atoms with Gasteiger partial charge in [0, 0.05) is 9.50 Å². The molecule has 0 bridgehead atoms. The minimum atomic E-state index is -1.01. The maximum absolute atomic E-state index is 10.5. The van der Waals surface area contributed by atoms with Gasteiger partial charge in [-0.1, -0.05) is 27.5 Å². The first-order valence-corrected chi connectivity index (χ1v) is 5.01. The third-order valence-corrected chi connectivity index (χ3v) is 2.17. The van der Waals surface area contributed by atoms with Gasteiger partial charge in [-0.2, -0.15) is 0 Å². The molecule has 1 atom stereocenters. The molecule has 0 fully saturated rings. The van der Waals surface area contributed by atoms with Crippen LogP contribution in [-0.4, -0.2) is 17.2 Å². The van der Waals surface area contributed by atoms with Crippen molar-refractivity contribution < 1.29 is 14.6 Å². The molecule has 14 heavy (non-hydrogen) atoms. The van der Waals surface area contributed by atoms with Gasteiger partial charge in [-0.05, 0) is 25.1 Å². The van der Waals surface area contributed by atoms with E-state index in [1.807, 2.05) is 0 Å². The maximum Gasteiger partial charge on any atom is 0.344 e. The van der Waals surface area contributed by atoms with Crippen molar-refractivity contribution >= 4 is 33.5 Å². The topological polar surface area (TPSA) is 46.5 Å². The van der Waals surface area contributed by atoms with Crippen LogP contribution < -0.4 is 4.74 Å². The van der Waals surface area contributed by atoms with Crippen LogP contribution in [0.15, 0.2) is 22.7 Å². The SMILES string of the molecule is CC(Oc1cc(Cl)cc(Br)c1)C(=O)O. The first-order chi connectivity index (χ1) is 6.49. The van der Waals surface area contributed by atoms with Crippen LogP contribution in [0.1, 0.15) is 6.92 Å². The quantitative estimate of drug-likeness (QED) is 0.925. The monoisotopic (exact) mass is 278 g/mol. The Bertz CT molecular complexity index is 334. The largest absolute Gasteiger partial charge is 0.479 e. The molecule has 76 valence electrons. The van der Waals surface area contributed by atoms with Crippen molar-refractivity contribution in [3.05, 3.63) is 27.7 Å². The average Bonchev–Trinajstić information content (AvgIpc) is 2.01. The van der Waals surface area contributed by atoms with E-state index in [4.69, 9.17) is 21.4 Å². The summed E-state index contributed by atoms with van der Waals surface area (Å²) in [6.45, 7) is 1.46. The lowest BCUT2D eigenvalue weighted by molar-refractivity contribution is -0.144. The Hall–Kier alpha value is -0.740. The number of carboxylic acid groups (broad SMARTS) is 1. The predicted octanol–water partition coefficient (Wildman–Crippen LogP) is 2.95. The normalized spacial score (nSPS) is 12.2. The zero-order chi connectivity index (χ0) is 10.7. The van der Waals surface area contributed by atoms with Gasteiger partial charge in [0.2, 0.25) is 0 Å². The lowest BCUT2D eigenvalue weighted by Crippen LogP contribution is -2.22. The molecule has 0 radical (unpaired) electrons. The van der Waals surface area contributed by atoms with E-state index in [9.17, 15) is 4.79 Å². The highest BCUT2D eigenvalue weighted by molar-refractivity contribution is 9.10. The number of hydrogen-bond donors (Lipinski definition) is 1. The van der Waals surface area contributed by atoms with Crippen molar-refractivity contribution in [2.24, 2.45) is 0 Å². The summed E-state index contributed by atoms with van der Waals surface area (Å²) in [7, 11) is 0. The molecule has 0 aliphatic carbocycles. The van der Waals surface area contributed by atoms with Crippen LogP contribution in [-0.2, 0) is 4.79 Å². The van der Waals surface area contributed by atoms with Gasteiger partial charge in [0.15, 0.2) is 6.10 Å². The molecular formula is C9H8BrClO3. The van der Waals surface area contributed by atoms with Gasteiger partial charge < -0.3 is 9.84 Å².